The molecule has 1 amide bonds. The average molecular weight is 555 g/mol. The van der Waals surface area contributed by atoms with Crippen LogP contribution in [0.25, 0.3) is 0 Å². The van der Waals surface area contributed by atoms with Crippen LogP contribution in [0.2, 0.25) is 0 Å². The van der Waals surface area contributed by atoms with Gasteiger partial charge in [0, 0.05) is 36.0 Å². The second kappa shape index (κ2) is 10.8. The van der Waals surface area contributed by atoms with E-state index in [0.29, 0.717) is 36.3 Å². The van der Waals surface area contributed by atoms with E-state index in [0.717, 1.165) is 30.3 Å². The Bertz CT molecular complexity index is 1150. The number of nitrogens with zero attached hydrogens (tertiary/aromatic N) is 2. The molecule has 2 aliphatic heterocycles. The number of hydrogen-bond acceptors (Lipinski definition) is 5. The molecule has 1 aromatic carbocycles. The number of ether oxygens (including phenoxy) is 1. The number of halogens is 1. The Hall–Kier alpha value is -2.59. The van der Waals surface area contributed by atoms with E-state index in [9.17, 15) is 14.9 Å². The number of amides is 1. The Kier molecular flexibility index (Phi) is 7.94. The number of allylic oxidation sites excluding steroid dienone is 1. The van der Waals surface area contributed by atoms with Crippen LogP contribution in [-0.4, -0.2) is 23.6 Å². The molecular weight excluding hydrogens is 518 g/mol. The monoisotopic (exact) mass is 553 g/mol. The van der Waals surface area contributed by atoms with E-state index < -0.39 is 5.41 Å². The molecule has 36 heavy (non-hydrogen) atoms. The highest BCUT2D eigenvalue weighted by atomic mass is 79.9. The van der Waals surface area contributed by atoms with Crippen LogP contribution < -0.4 is 10.6 Å². The maximum Gasteiger partial charge on any atom is 0.247 e. The smallest absolute Gasteiger partial charge is 0.247 e. The van der Waals surface area contributed by atoms with Crippen LogP contribution in [0.3, 0.4) is 0 Å². The van der Waals surface area contributed by atoms with Crippen molar-refractivity contribution in [2.45, 2.75) is 83.5 Å². The summed E-state index contributed by atoms with van der Waals surface area (Å²) in [5.41, 5.74) is 6.17. The number of fused-ring (bicyclic) bond motifs is 3. The van der Waals surface area contributed by atoms with Crippen molar-refractivity contribution in [1.82, 2.24) is 0 Å². The number of ketones is 1. The van der Waals surface area contributed by atoms with Gasteiger partial charge < -0.3 is 15.4 Å². The largest absolute Gasteiger partial charge is 0.444 e. The predicted molar refractivity (Wildman–Crippen MR) is 144 cm³/mol. The molecule has 2 N–H and O–H groups in total. The van der Waals surface area contributed by atoms with Gasteiger partial charge in [0.15, 0.2) is 5.78 Å². The zero-order valence-electron chi connectivity index (χ0n) is 21.4. The topological polar surface area (TPSA) is 96.4 Å². The van der Waals surface area contributed by atoms with Crippen molar-refractivity contribution in [1.29, 1.82) is 5.26 Å². The zero-order chi connectivity index (χ0) is 25.9. The van der Waals surface area contributed by atoms with E-state index in [1.165, 1.54) is 32.1 Å². The van der Waals surface area contributed by atoms with E-state index in [2.05, 4.69) is 22.0 Å². The van der Waals surface area contributed by atoms with Crippen molar-refractivity contribution in [2.24, 2.45) is 11.1 Å². The quantitative estimate of drug-likeness (QED) is 0.276. The minimum Gasteiger partial charge on any atom is -0.444 e. The third kappa shape index (κ3) is 4.61. The minimum atomic E-state index is -1.52. The molecule has 1 unspecified atom stereocenters. The Morgan fingerprint density at radius 1 is 1.03 bits per heavy atom. The van der Waals surface area contributed by atoms with Crippen LogP contribution in [-0.2, 0) is 19.7 Å². The summed E-state index contributed by atoms with van der Waals surface area (Å²) in [6, 6.07) is 9.66. The Labute approximate surface area is 222 Å². The highest BCUT2D eigenvalue weighted by molar-refractivity contribution is 9.09. The summed E-state index contributed by atoms with van der Waals surface area (Å²) in [6.07, 6.45) is 10.0. The number of benzene rings is 1. The fraction of sp³-hybridized carbons (Fsp3) is 0.552. The fourth-order valence-corrected chi connectivity index (χ4v) is 6.38. The lowest BCUT2D eigenvalue weighted by atomic mass is 9.62. The highest BCUT2D eigenvalue weighted by Gasteiger charge is 2.62. The van der Waals surface area contributed by atoms with E-state index in [-0.39, 0.29) is 28.6 Å². The van der Waals surface area contributed by atoms with Crippen LogP contribution in [0.15, 0.2) is 47.1 Å². The van der Waals surface area contributed by atoms with Crippen molar-refractivity contribution in [3.8, 4) is 6.07 Å². The number of carbonyl (C=O) groups is 2. The van der Waals surface area contributed by atoms with Crippen LogP contribution in [0.1, 0.15) is 83.6 Å². The molecule has 0 saturated carbocycles. The molecule has 6 nitrogen and oxygen atoms in total. The van der Waals surface area contributed by atoms with Crippen molar-refractivity contribution in [2.75, 3.05) is 16.8 Å². The standard InChI is InChI=1S/C29H36BrN3O3/c1-28(2)17-23(34)25-24(18-28)36-26(32)21(19-31)29(25)20-13-9-10-14-22(20)33(27(29)35)16-12-8-6-4-3-5-7-11-15-30/h9-10,13-14H,3-8,11-12,15-18,32H2,1-2H3. The van der Waals surface area contributed by atoms with Crippen LogP contribution in [0, 0.1) is 16.7 Å². The van der Waals surface area contributed by atoms with Gasteiger partial charge in [0.25, 0.3) is 0 Å². The molecular formula is C29H36BrN3O3. The predicted octanol–water partition coefficient (Wildman–Crippen LogP) is 6.15. The summed E-state index contributed by atoms with van der Waals surface area (Å²) >= 11 is 3.48. The van der Waals surface area contributed by atoms with Gasteiger partial charge in [-0.2, -0.15) is 5.26 Å². The lowest BCUT2D eigenvalue weighted by Gasteiger charge is -2.41. The Morgan fingerprint density at radius 3 is 2.33 bits per heavy atom. The van der Waals surface area contributed by atoms with Gasteiger partial charge in [-0.25, -0.2) is 0 Å². The Morgan fingerprint density at radius 2 is 1.67 bits per heavy atom. The van der Waals surface area contributed by atoms with E-state index >= 15 is 0 Å². The molecule has 4 rings (SSSR count). The molecule has 1 aromatic rings. The second-order valence-electron chi connectivity index (χ2n) is 10.9. The summed E-state index contributed by atoms with van der Waals surface area (Å²) in [6.45, 7) is 4.55. The van der Waals surface area contributed by atoms with Crippen LogP contribution >= 0.6 is 15.9 Å². The third-order valence-corrected chi connectivity index (χ3v) is 8.17. The minimum absolute atomic E-state index is 0.0257. The molecule has 0 bridgehead atoms. The number of rotatable bonds is 10. The van der Waals surface area contributed by atoms with E-state index in [4.69, 9.17) is 10.5 Å². The van der Waals surface area contributed by atoms with Gasteiger partial charge >= 0.3 is 0 Å². The first-order valence-electron chi connectivity index (χ1n) is 13.1. The normalized spacial score (nSPS) is 22.6. The van der Waals surface area contributed by atoms with Gasteiger partial charge in [-0.1, -0.05) is 86.5 Å². The van der Waals surface area contributed by atoms with Crippen molar-refractivity contribution < 1.29 is 14.3 Å². The summed E-state index contributed by atoms with van der Waals surface area (Å²) in [5, 5.41) is 11.2. The summed E-state index contributed by atoms with van der Waals surface area (Å²) in [5.74, 6) is -0.0578. The maximum atomic E-state index is 14.3. The number of Topliss-reactive ketones (excluding diaryl/α,β-unsaturated/α-hetero) is 1. The fourth-order valence-electron chi connectivity index (χ4n) is 5.99. The number of unbranched alkanes of at least 4 members (excludes halogenated alkanes) is 7. The number of nitriles is 1. The molecule has 0 saturated heterocycles. The number of nitrogens with two attached hydrogens (primary N) is 1. The van der Waals surface area contributed by atoms with Crippen molar-refractivity contribution >= 4 is 33.3 Å². The SMILES string of the molecule is CC1(C)CC(=O)C2=C(C1)OC(N)=C(C#N)C21C(=O)N(CCCCCCCCCCBr)c2ccccc21. The highest BCUT2D eigenvalue weighted by Crippen LogP contribution is 2.57. The van der Waals surface area contributed by atoms with Gasteiger partial charge in [-0.3, -0.25) is 9.59 Å². The van der Waals surface area contributed by atoms with Crippen molar-refractivity contribution in [3.05, 3.63) is 52.6 Å². The summed E-state index contributed by atoms with van der Waals surface area (Å²) in [7, 11) is 0. The first-order chi connectivity index (χ1) is 17.3. The lowest BCUT2D eigenvalue weighted by molar-refractivity contribution is -0.125. The third-order valence-electron chi connectivity index (χ3n) is 7.61. The van der Waals surface area contributed by atoms with Gasteiger partial charge in [0.05, 0.1) is 5.57 Å². The molecule has 1 aliphatic carbocycles. The van der Waals surface area contributed by atoms with Crippen molar-refractivity contribution in [3.63, 3.8) is 0 Å². The molecule has 0 aromatic heterocycles. The van der Waals surface area contributed by atoms with E-state index in [1.807, 2.05) is 38.1 Å². The molecule has 7 heteroatoms. The summed E-state index contributed by atoms with van der Waals surface area (Å²) in [4.78, 5) is 29.7. The molecule has 2 heterocycles. The first kappa shape index (κ1) is 26.5. The molecule has 1 atom stereocenters. The number of anilines is 1. The van der Waals surface area contributed by atoms with Gasteiger partial charge in [-0.15, -0.1) is 0 Å². The molecule has 192 valence electrons. The van der Waals surface area contributed by atoms with Gasteiger partial charge in [0.2, 0.25) is 11.8 Å². The number of alkyl halides is 1. The second-order valence-corrected chi connectivity index (χ2v) is 11.7. The average Bonchev–Trinajstić information content (AvgIpc) is 3.05. The maximum absolute atomic E-state index is 14.3. The lowest BCUT2D eigenvalue weighted by Crippen LogP contribution is -2.50. The first-order valence-corrected chi connectivity index (χ1v) is 14.2. The number of hydrogen-bond donors (Lipinski definition) is 1. The molecule has 0 radical (unpaired) electrons. The molecule has 1 spiro atoms. The van der Waals surface area contributed by atoms with Gasteiger partial charge in [-0.05, 0) is 24.3 Å². The van der Waals surface area contributed by atoms with Gasteiger partial charge in [0.1, 0.15) is 22.8 Å². The summed E-state index contributed by atoms with van der Waals surface area (Å²) < 4.78 is 5.87. The number of para-hydroxylation sites is 1. The van der Waals surface area contributed by atoms with E-state index in [1.54, 1.807) is 4.90 Å². The Balaban J connectivity index is 1.61. The van der Waals surface area contributed by atoms with Crippen LogP contribution in [0.5, 0.6) is 0 Å². The van der Waals surface area contributed by atoms with Crippen LogP contribution in [0.4, 0.5) is 5.69 Å². The molecule has 0 fully saturated rings. The zero-order valence-corrected chi connectivity index (χ0v) is 23.0. The number of carbonyl (C=O) groups excluding carboxylic acids is 2. The molecule has 3 aliphatic rings.